The molecule has 0 unspecified atom stereocenters. The molecule has 0 spiro atoms. The minimum atomic E-state index is -1.13. The standard InChI is InChI=1S/C16H16N2O5/c1-10-2-5-14(23-10)13-9-22-7-6-18(13)15(19)11-3-4-12(16(20)21)17-8-11/h2-5,8,13H,6-7,9H2,1H3,(H,20,21)/t13-/m0/s1. The number of hydrogen-bond acceptors (Lipinski definition) is 5. The number of furan rings is 1. The van der Waals surface area contributed by atoms with Crippen molar-refractivity contribution in [3.05, 3.63) is 53.2 Å². The molecular formula is C16H16N2O5. The number of aromatic nitrogens is 1. The highest BCUT2D eigenvalue weighted by atomic mass is 16.5. The Kier molecular flexibility index (Phi) is 4.12. The summed E-state index contributed by atoms with van der Waals surface area (Å²) >= 11 is 0. The normalized spacial score (nSPS) is 18.0. The maximum absolute atomic E-state index is 12.7. The molecule has 1 aliphatic rings. The lowest BCUT2D eigenvalue weighted by atomic mass is 10.1. The van der Waals surface area contributed by atoms with Crippen LogP contribution in [0.5, 0.6) is 0 Å². The fraction of sp³-hybridized carbons (Fsp3) is 0.312. The molecule has 2 aromatic rings. The first-order valence-electron chi connectivity index (χ1n) is 7.20. The Morgan fingerprint density at radius 3 is 2.74 bits per heavy atom. The van der Waals surface area contributed by atoms with E-state index in [-0.39, 0.29) is 17.6 Å². The van der Waals surface area contributed by atoms with Crippen molar-refractivity contribution in [2.45, 2.75) is 13.0 Å². The van der Waals surface area contributed by atoms with E-state index in [0.717, 1.165) is 5.76 Å². The van der Waals surface area contributed by atoms with E-state index >= 15 is 0 Å². The SMILES string of the molecule is Cc1ccc([C@@H]2COCCN2C(=O)c2ccc(C(=O)O)nc2)o1. The van der Waals surface area contributed by atoms with Gasteiger partial charge in [0, 0.05) is 12.7 Å². The number of aryl methyl sites for hydroxylation is 1. The number of hydrogen-bond donors (Lipinski definition) is 1. The average Bonchev–Trinajstić information content (AvgIpc) is 3.00. The highest BCUT2D eigenvalue weighted by Crippen LogP contribution is 2.27. The molecule has 3 heterocycles. The van der Waals surface area contributed by atoms with E-state index in [1.807, 2.05) is 19.1 Å². The first kappa shape index (κ1) is 15.2. The molecule has 0 saturated carbocycles. The Morgan fingerprint density at radius 2 is 2.13 bits per heavy atom. The van der Waals surface area contributed by atoms with E-state index in [1.165, 1.54) is 18.3 Å². The minimum Gasteiger partial charge on any atom is -0.477 e. The first-order valence-corrected chi connectivity index (χ1v) is 7.20. The van der Waals surface area contributed by atoms with Crippen molar-refractivity contribution < 1.29 is 23.8 Å². The van der Waals surface area contributed by atoms with E-state index in [2.05, 4.69) is 4.98 Å². The first-order chi connectivity index (χ1) is 11.1. The van der Waals surface area contributed by atoms with Crippen LogP contribution in [0.15, 0.2) is 34.9 Å². The van der Waals surface area contributed by atoms with Crippen LogP contribution >= 0.6 is 0 Å². The maximum Gasteiger partial charge on any atom is 0.354 e. The topological polar surface area (TPSA) is 92.9 Å². The van der Waals surface area contributed by atoms with Crippen LogP contribution in [-0.4, -0.2) is 46.6 Å². The highest BCUT2D eigenvalue weighted by molar-refractivity contribution is 5.95. The van der Waals surface area contributed by atoms with Crippen LogP contribution in [0.25, 0.3) is 0 Å². The molecule has 2 aromatic heterocycles. The lowest BCUT2D eigenvalue weighted by Crippen LogP contribution is -2.43. The van der Waals surface area contributed by atoms with E-state index < -0.39 is 5.97 Å². The third-order valence-corrected chi connectivity index (χ3v) is 3.71. The van der Waals surface area contributed by atoms with Gasteiger partial charge >= 0.3 is 5.97 Å². The molecule has 1 atom stereocenters. The molecule has 0 radical (unpaired) electrons. The molecule has 0 aliphatic carbocycles. The zero-order chi connectivity index (χ0) is 16.4. The van der Waals surface area contributed by atoms with Crippen LogP contribution in [0, 0.1) is 6.92 Å². The van der Waals surface area contributed by atoms with Crippen LogP contribution in [0.2, 0.25) is 0 Å². The average molecular weight is 316 g/mol. The summed E-state index contributed by atoms with van der Waals surface area (Å²) in [5.41, 5.74) is 0.243. The lowest BCUT2D eigenvalue weighted by Gasteiger charge is -2.34. The fourth-order valence-corrected chi connectivity index (χ4v) is 2.53. The molecule has 1 N–H and O–H groups in total. The number of nitrogens with zero attached hydrogens (tertiary/aromatic N) is 2. The molecule has 0 aromatic carbocycles. The van der Waals surface area contributed by atoms with Gasteiger partial charge in [-0.1, -0.05) is 0 Å². The summed E-state index contributed by atoms with van der Waals surface area (Å²) in [4.78, 5) is 29.0. The summed E-state index contributed by atoms with van der Waals surface area (Å²) in [6.45, 7) is 3.08. The summed E-state index contributed by atoms with van der Waals surface area (Å²) in [6, 6.07) is 6.17. The predicted molar refractivity (Wildman–Crippen MR) is 79.2 cm³/mol. The Bertz CT molecular complexity index is 722. The number of aromatic carboxylic acids is 1. The molecule has 1 aliphatic heterocycles. The van der Waals surface area contributed by atoms with E-state index in [0.29, 0.717) is 31.1 Å². The number of carbonyl (C=O) groups is 2. The van der Waals surface area contributed by atoms with Crippen LogP contribution < -0.4 is 0 Å². The van der Waals surface area contributed by atoms with Crippen molar-refractivity contribution in [2.24, 2.45) is 0 Å². The van der Waals surface area contributed by atoms with E-state index in [4.69, 9.17) is 14.3 Å². The van der Waals surface area contributed by atoms with Gasteiger partial charge in [-0.3, -0.25) is 4.79 Å². The molecule has 120 valence electrons. The maximum atomic E-state index is 12.7. The fourth-order valence-electron chi connectivity index (χ4n) is 2.53. The van der Waals surface area contributed by atoms with Gasteiger partial charge in [0.1, 0.15) is 23.3 Å². The molecular weight excluding hydrogens is 300 g/mol. The van der Waals surface area contributed by atoms with Crippen molar-refractivity contribution in [3.8, 4) is 0 Å². The summed E-state index contributed by atoms with van der Waals surface area (Å²) in [6.07, 6.45) is 1.28. The molecule has 7 heteroatoms. The molecule has 1 saturated heterocycles. The second-order valence-corrected chi connectivity index (χ2v) is 5.27. The number of carbonyl (C=O) groups excluding carboxylic acids is 1. The summed E-state index contributed by atoms with van der Waals surface area (Å²) in [7, 11) is 0. The third kappa shape index (κ3) is 3.09. The van der Waals surface area contributed by atoms with Gasteiger partial charge in [0.25, 0.3) is 5.91 Å². The zero-order valence-corrected chi connectivity index (χ0v) is 12.6. The Labute approximate surface area is 132 Å². The van der Waals surface area contributed by atoms with Gasteiger partial charge in [0.05, 0.1) is 18.8 Å². The van der Waals surface area contributed by atoms with Crippen LogP contribution in [-0.2, 0) is 4.74 Å². The Hall–Kier alpha value is -2.67. The summed E-state index contributed by atoms with van der Waals surface area (Å²) in [5.74, 6) is 0.0900. The van der Waals surface area contributed by atoms with Gasteiger partial charge in [-0.2, -0.15) is 0 Å². The number of ether oxygens (including phenoxy) is 1. The van der Waals surface area contributed by atoms with Gasteiger partial charge < -0.3 is 19.2 Å². The Balaban J connectivity index is 1.85. The minimum absolute atomic E-state index is 0.0956. The number of carboxylic acids is 1. The highest BCUT2D eigenvalue weighted by Gasteiger charge is 2.31. The smallest absolute Gasteiger partial charge is 0.354 e. The second-order valence-electron chi connectivity index (χ2n) is 5.27. The third-order valence-electron chi connectivity index (χ3n) is 3.71. The van der Waals surface area contributed by atoms with Crippen molar-refractivity contribution in [3.63, 3.8) is 0 Å². The zero-order valence-electron chi connectivity index (χ0n) is 12.6. The van der Waals surface area contributed by atoms with Crippen LogP contribution in [0.4, 0.5) is 0 Å². The van der Waals surface area contributed by atoms with Crippen LogP contribution in [0.1, 0.15) is 38.4 Å². The van der Waals surface area contributed by atoms with Gasteiger partial charge in [0.15, 0.2) is 0 Å². The van der Waals surface area contributed by atoms with Gasteiger partial charge in [-0.15, -0.1) is 0 Å². The van der Waals surface area contributed by atoms with Crippen molar-refractivity contribution >= 4 is 11.9 Å². The predicted octanol–water partition coefficient (Wildman–Crippen LogP) is 1.89. The number of carboxylic acid groups (broad SMARTS) is 1. The quantitative estimate of drug-likeness (QED) is 0.929. The molecule has 1 fully saturated rings. The number of rotatable bonds is 3. The number of pyridine rings is 1. The summed E-state index contributed by atoms with van der Waals surface area (Å²) < 4.78 is 11.1. The largest absolute Gasteiger partial charge is 0.477 e. The van der Waals surface area contributed by atoms with Gasteiger partial charge in [0.2, 0.25) is 0 Å². The molecule has 1 amide bonds. The van der Waals surface area contributed by atoms with Crippen molar-refractivity contribution in [2.75, 3.05) is 19.8 Å². The second kappa shape index (κ2) is 6.21. The number of morpholine rings is 1. The molecule has 7 nitrogen and oxygen atoms in total. The van der Waals surface area contributed by atoms with Gasteiger partial charge in [-0.25, -0.2) is 9.78 Å². The van der Waals surface area contributed by atoms with Crippen LogP contribution in [0.3, 0.4) is 0 Å². The van der Waals surface area contributed by atoms with Crippen molar-refractivity contribution in [1.29, 1.82) is 0 Å². The summed E-state index contributed by atoms with van der Waals surface area (Å²) in [5, 5.41) is 8.87. The van der Waals surface area contributed by atoms with E-state index in [9.17, 15) is 9.59 Å². The number of amides is 1. The monoisotopic (exact) mass is 316 g/mol. The molecule has 3 rings (SSSR count). The van der Waals surface area contributed by atoms with Crippen molar-refractivity contribution in [1.82, 2.24) is 9.88 Å². The molecule has 0 bridgehead atoms. The van der Waals surface area contributed by atoms with E-state index in [1.54, 1.807) is 4.90 Å². The Morgan fingerprint density at radius 1 is 1.30 bits per heavy atom. The molecule has 23 heavy (non-hydrogen) atoms. The lowest BCUT2D eigenvalue weighted by molar-refractivity contribution is -0.00897. The van der Waals surface area contributed by atoms with Gasteiger partial charge in [-0.05, 0) is 31.2 Å².